The number of nitrogens with one attached hydrogen (secondary N) is 1. The molecule has 0 bridgehead atoms. The number of rotatable bonds is 3. The maximum Gasteiger partial charge on any atom is 0.409 e. The standard InChI is InChI=1S/C8H15NO3.C8H13NO3.C6H13NO.C2H3ClO2.CH4.CH3.V/c2*1-12-8(11)9-4-2-7(6-10)3-5-9;8-5-6-1-3-7-4-2-6;1-5-2(3)4;;;/h7,10H,2-6H2,1H3;6-7H,2-5H2,1H3;6-8H,1-5H2;1H3;1H4;1H3;/q;;;;;-1;. The third kappa shape index (κ3) is 21.2. The maximum atomic E-state index is 11.0. The molecule has 40 heavy (non-hydrogen) atoms. The average molecular weight is 636 g/mol. The summed E-state index contributed by atoms with van der Waals surface area (Å²) < 4.78 is 13.0. The van der Waals surface area contributed by atoms with Crippen LogP contribution in [0.25, 0.3) is 0 Å². The number of aliphatic hydroxyl groups is 2. The number of aliphatic hydroxyl groups excluding tert-OH is 2. The predicted octanol–water partition coefficient (Wildman–Crippen LogP) is 3.17. The third-order valence-electron chi connectivity index (χ3n) is 6.35. The second-order valence-corrected chi connectivity index (χ2v) is 9.14. The van der Waals surface area contributed by atoms with Crippen LogP contribution in [-0.2, 0) is 37.6 Å². The van der Waals surface area contributed by atoms with E-state index in [1.165, 1.54) is 21.3 Å². The zero-order chi connectivity index (χ0) is 28.1. The van der Waals surface area contributed by atoms with Gasteiger partial charge >= 0.3 is 17.6 Å². The van der Waals surface area contributed by atoms with E-state index in [2.05, 4.69) is 31.1 Å². The largest absolute Gasteiger partial charge is 0.457 e. The van der Waals surface area contributed by atoms with E-state index in [0.717, 1.165) is 57.9 Å². The van der Waals surface area contributed by atoms with Gasteiger partial charge in [0.15, 0.2) is 0 Å². The monoisotopic (exact) mass is 635 g/mol. The second kappa shape index (κ2) is 28.9. The Hall–Kier alpha value is -1.57. The molecule has 3 aliphatic rings. The Bertz CT molecular complexity index is 643. The molecule has 0 spiro atoms. The van der Waals surface area contributed by atoms with Crippen molar-refractivity contribution in [3.05, 3.63) is 7.43 Å². The van der Waals surface area contributed by atoms with Crippen LogP contribution in [-0.4, -0.2) is 118 Å². The normalized spacial score (nSPS) is 17.1. The van der Waals surface area contributed by atoms with Gasteiger partial charge in [0.2, 0.25) is 0 Å². The van der Waals surface area contributed by atoms with Crippen LogP contribution in [0, 0.1) is 25.2 Å². The fourth-order valence-electron chi connectivity index (χ4n) is 3.84. The van der Waals surface area contributed by atoms with Crippen molar-refractivity contribution >= 4 is 35.5 Å². The molecule has 0 aromatic heterocycles. The Morgan fingerprint density at radius 3 is 1.43 bits per heavy atom. The van der Waals surface area contributed by atoms with Gasteiger partial charge in [0.05, 0.1) is 21.3 Å². The van der Waals surface area contributed by atoms with Gasteiger partial charge in [0, 0.05) is 75.5 Å². The molecule has 0 saturated carbocycles. The van der Waals surface area contributed by atoms with Gasteiger partial charge in [0.25, 0.3) is 0 Å². The number of ether oxygens (including phenoxy) is 3. The number of hydrogen-bond donors (Lipinski definition) is 3. The topological polar surface area (TPSA) is 155 Å². The molecule has 2 amide bonds. The van der Waals surface area contributed by atoms with E-state index in [4.69, 9.17) is 10.2 Å². The molecule has 3 rings (SSSR count). The minimum absolute atomic E-state index is 0. The number of nitrogens with zero attached hydrogens (tertiary/aromatic N) is 2. The molecule has 0 aromatic rings. The molecule has 3 heterocycles. The van der Waals surface area contributed by atoms with E-state index in [1.807, 2.05) is 0 Å². The minimum atomic E-state index is -0.773. The van der Waals surface area contributed by atoms with Crippen LogP contribution >= 0.6 is 11.6 Å². The van der Waals surface area contributed by atoms with Crippen LogP contribution in [0.5, 0.6) is 0 Å². The summed E-state index contributed by atoms with van der Waals surface area (Å²) >= 11 is 4.60. The molecule has 1 radical (unpaired) electrons. The molecule has 14 heteroatoms. The van der Waals surface area contributed by atoms with Crippen LogP contribution in [0.4, 0.5) is 14.4 Å². The first kappa shape index (κ1) is 45.4. The molecule has 0 aromatic carbocycles. The number of carbonyl (C=O) groups is 4. The number of hydrogen-bond acceptors (Lipinski definition) is 10. The van der Waals surface area contributed by atoms with Gasteiger partial charge in [-0.3, -0.25) is 0 Å². The van der Waals surface area contributed by atoms with Crippen molar-refractivity contribution in [3.8, 4) is 0 Å². The molecule has 3 aliphatic heterocycles. The molecular formula is C26H51ClN3O9V-. The molecule has 3 N–H and O–H groups in total. The molecule has 0 atom stereocenters. The summed E-state index contributed by atoms with van der Waals surface area (Å²) in [6.45, 7) is 5.47. The summed E-state index contributed by atoms with van der Waals surface area (Å²) in [7, 11) is 3.98. The maximum absolute atomic E-state index is 11.0. The number of methoxy groups -OCH3 is 3. The fraction of sp³-hybridized carbons (Fsp3) is 0.808. The van der Waals surface area contributed by atoms with Gasteiger partial charge in [-0.05, 0) is 63.5 Å². The summed E-state index contributed by atoms with van der Waals surface area (Å²) in [4.78, 5) is 45.0. The first-order chi connectivity index (χ1) is 17.8. The van der Waals surface area contributed by atoms with Gasteiger partial charge in [-0.2, -0.15) is 0 Å². The number of aldehydes is 1. The fourth-order valence-corrected chi connectivity index (χ4v) is 3.84. The van der Waals surface area contributed by atoms with Crippen molar-refractivity contribution in [2.45, 2.75) is 46.0 Å². The second-order valence-electron chi connectivity index (χ2n) is 8.83. The number of piperidine rings is 3. The van der Waals surface area contributed by atoms with Crippen LogP contribution in [0.2, 0.25) is 0 Å². The van der Waals surface area contributed by atoms with Crippen molar-refractivity contribution in [2.75, 3.05) is 73.8 Å². The van der Waals surface area contributed by atoms with Crippen LogP contribution < -0.4 is 5.32 Å². The SMILES string of the molecule is C.COC(=O)Cl.COC(=O)N1CCC(C=O)CC1.COC(=O)N1CCC(CO)CC1.OCC1CCNCC1.[CH3-].[V]. The number of amides is 2. The molecular weight excluding hydrogens is 585 g/mol. The third-order valence-corrected chi connectivity index (χ3v) is 6.50. The van der Waals surface area contributed by atoms with Crippen molar-refractivity contribution < 1.29 is 62.2 Å². The first-order valence-corrected chi connectivity index (χ1v) is 12.9. The summed E-state index contributed by atoms with van der Waals surface area (Å²) in [5.41, 5.74) is -0.773. The molecule has 0 aliphatic carbocycles. The summed E-state index contributed by atoms with van der Waals surface area (Å²) in [5.74, 6) is 1.08. The number of carbonyl (C=O) groups excluding carboxylic acids is 4. The smallest absolute Gasteiger partial charge is 0.409 e. The summed E-state index contributed by atoms with van der Waals surface area (Å²) in [6, 6.07) is 0. The number of halogens is 1. The Balaban J connectivity index is -0.000000220. The Morgan fingerprint density at radius 2 is 1.15 bits per heavy atom. The molecule has 237 valence electrons. The molecule has 3 saturated heterocycles. The Kier molecular flexibility index (Phi) is 32.9. The van der Waals surface area contributed by atoms with Gasteiger partial charge in [-0.15, -0.1) is 0 Å². The summed E-state index contributed by atoms with van der Waals surface area (Å²) in [6.07, 6.45) is 6.00. The molecule has 12 nitrogen and oxygen atoms in total. The first-order valence-electron chi connectivity index (χ1n) is 12.5. The van der Waals surface area contributed by atoms with Crippen molar-refractivity contribution in [1.82, 2.24) is 15.1 Å². The van der Waals surface area contributed by atoms with Gasteiger partial charge in [-0.1, -0.05) is 7.43 Å². The average Bonchev–Trinajstić information content (AvgIpc) is 2.97. The van der Waals surface area contributed by atoms with Gasteiger partial charge in [-0.25, -0.2) is 14.4 Å². The van der Waals surface area contributed by atoms with Gasteiger partial charge in [0.1, 0.15) is 6.29 Å². The summed E-state index contributed by atoms with van der Waals surface area (Å²) in [5, 5.41) is 20.7. The van der Waals surface area contributed by atoms with E-state index < -0.39 is 5.43 Å². The molecule has 0 unspecified atom stereocenters. The van der Waals surface area contributed by atoms with E-state index in [0.29, 0.717) is 44.6 Å². The number of likely N-dealkylation sites (tertiary alicyclic amines) is 2. The van der Waals surface area contributed by atoms with Crippen molar-refractivity contribution in [1.29, 1.82) is 0 Å². The van der Waals surface area contributed by atoms with Crippen molar-refractivity contribution in [2.24, 2.45) is 17.8 Å². The molecule has 3 fully saturated rings. The van der Waals surface area contributed by atoms with E-state index >= 15 is 0 Å². The zero-order valence-electron chi connectivity index (χ0n) is 23.7. The predicted molar refractivity (Wildman–Crippen MR) is 151 cm³/mol. The quantitative estimate of drug-likeness (QED) is 0.182. The Labute approximate surface area is 257 Å². The van der Waals surface area contributed by atoms with Crippen LogP contribution in [0.3, 0.4) is 0 Å². The van der Waals surface area contributed by atoms with E-state index in [9.17, 15) is 19.2 Å². The van der Waals surface area contributed by atoms with Crippen molar-refractivity contribution in [3.63, 3.8) is 0 Å². The Morgan fingerprint density at radius 1 is 0.800 bits per heavy atom. The zero-order valence-corrected chi connectivity index (χ0v) is 25.8. The minimum Gasteiger partial charge on any atom is -0.457 e. The van der Waals surface area contributed by atoms with E-state index in [-0.39, 0.29) is 58.1 Å². The van der Waals surface area contributed by atoms with Crippen LogP contribution in [0.15, 0.2) is 0 Å². The van der Waals surface area contributed by atoms with E-state index in [1.54, 1.807) is 9.80 Å². The van der Waals surface area contributed by atoms with Gasteiger partial charge < -0.3 is 51.8 Å². The van der Waals surface area contributed by atoms with Crippen LogP contribution in [0.1, 0.15) is 46.0 Å².